The minimum atomic E-state index is -0.292. The van der Waals surface area contributed by atoms with Crippen LogP contribution in [-0.4, -0.2) is 9.97 Å². The largest absolute Gasteiger partial charge is 0.339 e. The summed E-state index contributed by atoms with van der Waals surface area (Å²) in [5.74, 6) is 0.376. The molecule has 2 aromatic carbocycles. The molecule has 19 heavy (non-hydrogen) atoms. The molecule has 0 spiro atoms. The van der Waals surface area contributed by atoms with Crippen molar-refractivity contribution in [1.82, 2.24) is 9.97 Å². The van der Waals surface area contributed by atoms with Crippen LogP contribution in [0.4, 0.5) is 4.39 Å². The number of aromatic amines is 1. The van der Waals surface area contributed by atoms with Crippen LogP contribution in [0.5, 0.6) is 0 Å². The number of hydrogen-bond donors (Lipinski definition) is 1. The lowest BCUT2D eigenvalue weighted by atomic mass is 10.1. The van der Waals surface area contributed by atoms with Gasteiger partial charge in [-0.25, -0.2) is 9.37 Å². The third kappa shape index (κ3) is 2.15. The highest BCUT2D eigenvalue weighted by Crippen LogP contribution is 2.22. The quantitative estimate of drug-likeness (QED) is 0.664. The van der Waals surface area contributed by atoms with Crippen LogP contribution in [0.25, 0.3) is 22.3 Å². The molecule has 0 saturated heterocycles. The second kappa shape index (κ2) is 4.55. The first-order valence-electron chi connectivity index (χ1n) is 5.91. The Kier molecular flexibility index (Phi) is 2.87. The molecular weight excluding hydrogens is 259 g/mol. The van der Waals surface area contributed by atoms with Crippen molar-refractivity contribution in [3.63, 3.8) is 0 Å². The van der Waals surface area contributed by atoms with Gasteiger partial charge in [0.25, 0.3) is 0 Å². The molecule has 4 heteroatoms. The molecule has 0 fully saturated rings. The van der Waals surface area contributed by atoms with Crippen LogP contribution in [0.3, 0.4) is 0 Å². The number of nitrogens with zero attached hydrogens (tertiary/aromatic N) is 1. The van der Waals surface area contributed by atoms with E-state index in [1.54, 1.807) is 6.07 Å². The Morgan fingerprint density at radius 1 is 1.16 bits per heavy atom. The Hall–Kier alpha value is -2.07. The number of fused-ring (bicyclic) bond motifs is 1. The van der Waals surface area contributed by atoms with Crippen LogP contribution in [0.2, 0.25) is 0 Å². The monoisotopic (exact) mass is 270 g/mol. The van der Waals surface area contributed by atoms with Crippen molar-refractivity contribution >= 4 is 23.1 Å². The summed E-state index contributed by atoms with van der Waals surface area (Å²) in [5.41, 5.74) is 2.73. The molecular formula is C15H11FN2S. The van der Waals surface area contributed by atoms with E-state index in [4.69, 9.17) is 12.2 Å². The van der Waals surface area contributed by atoms with E-state index in [1.807, 2.05) is 31.2 Å². The lowest BCUT2D eigenvalue weighted by molar-refractivity contribution is 0.629. The third-order valence-electron chi connectivity index (χ3n) is 3.08. The Morgan fingerprint density at radius 3 is 2.74 bits per heavy atom. The van der Waals surface area contributed by atoms with Gasteiger partial charge < -0.3 is 4.98 Å². The van der Waals surface area contributed by atoms with E-state index < -0.39 is 0 Å². The summed E-state index contributed by atoms with van der Waals surface area (Å²) in [4.78, 5) is 7.55. The Bertz CT molecular complexity index is 824. The average molecular weight is 270 g/mol. The van der Waals surface area contributed by atoms with Gasteiger partial charge in [-0.2, -0.15) is 0 Å². The zero-order valence-electron chi connectivity index (χ0n) is 10.3. The minimum Gasteiger partial charge on any atom is -0.339 e. The summed E-state index contributed by atoms with van der Waals surface area (Å²) in [5, 5.41) is 0.758. The van der Waals surface area contributed by atoms with Gasteiger partial charge in [-0.1, -0.05) is 36.5 Å². The Labute approximate surface area is 114 Å². The maximum atomic E-state index is 13.3. The highest BCUT2D eigenvalue weighted by molar-refractivity contribution is 7.71. The number of aryl methyl sites for hydroxylation is 1. The molecule has 1 heterocycles. The highest BCUT2D eigenvalue weighted by atomic mass is 32.1. The van der Waals surface area contributed by atoms with Gasteiger partial charge in [0.15, 0.2) is 0 Å². The van der Waals surface area contributed by atoms with E-state index in [0.29, 0.717) is 16.0 Å². The zero-order valence-corrected chi connectivity index (χ0v) is 11.1. The summed E-state index contributed by atoms with van der Waals surface area (Å²) >= 11 is 5.27. The fourth-order valence-electron chi connectivity index (χ4n) is 2.09. The van der Waals surface area contributed by atoms with Gasteiger partial charge in [0.2, 0.25) is 0 Å². The average Bonchev–Trinajstić information content (AvgIpc) is 2.38. The summed E-state index contributed by atoms with van der Waals surface area (Å²) in [6.07, 6.45) is 0. The van der Waals surface area contributed by atoms with E-state index in [0.717, 1.165) is 16.5 Å². The van der Waals surface area contributed by atoms with Gasteiger partial charge in [0, 0.05) is 10.9 Å². The van der Waals surface area contributed by atoms with Crippen LogP contribution >= 0.6 is 12.2 Å². The lowest BCUT2D eigenvalue weighted by Crippen LogP contribution is -1.94. The number of hydrogen-bond acceptors (Lipinski definition) is 2. The van der Waals surface area contributed by atoms with E-state index in [2.05, 4.69) is 9.97 Å². The molecule has 0 atom stereocenters. The van der Waals surface area contributed by atoms with Crippen molar-refractivity contribution in [2.45, 2.75) is 6.92 Å². The Morgan fingerprint density at radius 2 is 1.95 bits per heavy atom. The molecule has 0 bridgehead atoms. The second-order valence-electron chi connectivity index (χ2n) is 4.40. The number of rotatable bonds is 1. The van der Waals surface area contributed by atoms with Crippen molar-refractivity contribution in [3.8, 4) is 11.4 Å². The van der Waals surface area contributed by atoms with E-state index in [-0.39, 0.29) is 5.82 Å². The van der Waals surface area contributed by atoms with Crippen LogP contribution < -0.4 is 0 Å². The van der Waals surface area contributed by atoms with Crippen LogP contribution in [-0.2, 0) is 0 Å². The lowest BCUT2D eigenvalue weighted by Gasteiger charge is -2.07. The molecule has 3 aromatic rings. The summed E-state index contributed by atoms with van der Waals surface area (Å²) in [6.45, 7) is 2.00. The summed E-state index contributed by atoms with van der Waals surface area (Å²) < 4.78 is 13.8. The van der Waals surface area contributed by atoms with E-state index >= 15 is 0 Å². The molecule has 0 aliphatic rings. The first-order chi connectivity index (χ1) is 9.15. The van der Waals surface area contributed by atoms with Gasteiger partial charge in [-0.15, -0.1) is 0 Å². The molecule has 0 saturated carbocycles. The van der Waals surface area contributed by atoms with Gasteiger partial charge in [-0.05, 0) is 30.7 Å². The highest BCUT2D eigenvalue weighted by Gasteiger charge is 2.06. The second-order valence-corrected chi connectivity index (χ2v) is 4.78. The topological polar surface area (TPSA) is 28.7 Å². The van der Waals surface area contributed by atoms with Gasteiger partial charge in [0.05, 0.1) is 5.52 Å². The Balaban J connectivity index is 2.32. The molecule has 1 aromatic heterocycles. The van der Waals surface area contributed by atoms with Crippen LogP contribution in [0.1, 0.15) is 5.56 Å². The first kappa shape index (κ1) is 12.0. The first-order valence-corrected chi connectivity index (χ1v) is 6.31. The van der Waals surface area contributed by atoms with E-state index in [1.165, 1.54) is 12.1 Å². The number of aromatic nitrogens is 2. The van der Waals surface area contributed by atoms with Crippen molar-refractivity contribution < 1.29 is 4.39 Å². The zero-order chi connectivity index (χ0) is 13.4. The fraction of sp³-hybridized carbons (Fsp3) is 0.0667. The smallest absolute Gasteiger partial charge is 0.139 e. The third-order valence-corrected chi connectivity index (χ3v) is 3.39. The maximum Gasteiger partial charge on any atom is 0.139 e. The number of nitrogens with one attached hydrogen (secondary N) is 1. The summed E-state index contributed by atoms with van der Waals surface area (Å²) in [6, 6.07) is 12.4. The molecule has 0 radical (unpaired) electrons. The standard InChI is InChI=1S/C15H11FN2S/c1-9-4-2-3-5-11(9)14-17-13-8-10(16)6-7-12(13)15(19)18-14/h2-8H,1H3,(H,17,18,19). The molecule has 0 amide bonds. The fourth-order valence-corrected chi connectivity index (χ4v) is 2.36. The van der Waals surface area contributed by atoms with Crippen molar-refractivity contribution in [2.75, 3.05) is 0 Å². The molecule has 2 nitrogen and oxygen atoms in total. The minimum absolute atomic E-state index is 0.292. The molecule has 94 valence electrons. The number of benzene rings is 2. The number of H-pyrrole nitrogens is 1. The van der Waals surface area contributed by atoms with Crippen molar-refractivity contribution in [2.24, 2.45) is 0 Å². The van der Waals surface area contributed by atoms with Crippen LogP contribution in [0.15, 0.2) is 42.5 Å². The molecule has 0 aliphatic heterocycles. The SMILES string of the molecule is Cc1ccccc1-c1nc(=S)c2ccc(F)cc2[nH]1. The maximum absolute atomic E-state index is 13.3. The van der Waals surface area contributed by atoms with Crippen LogP contribution in [0, 0.1) is 17.4 Å². The predicted molar refractivity (Wildman–Crippen MR) is 77.1 cm³/mol. The van der Waals surface area contributed by atoms with Gasteiger partial charge in [-0.3, -0.25) is 0 Å². The number of halogens is 1. The molecule has 1 N–H and O–H groups in total. The van der Waals surface area contributed by atoms with Crippen molar-refractivity contribution in [1.29, 1.82) is 0 Å². The van der Waals surface area contributed by atoms with Crippen molar-refractivity contribution in [3.05, 3.63) is 58.5 Å². The summed E-state index contributed by atoms with van der Waals surface area (Å²) in [7, 11) is 0. The van der Waals surface area contributed by atoms with Gasteiger partial charge >= 0.3 is 0 Å². The van der Waals surface area contributed by atoms with Gasteiger partial charge in [0.1, 0.15) is 16.3 Å². The normalized spacial score (nSPS) is 10.8. The molecule has 0 aliphatic carbocycles. The van der Waals surface area contributed by atoms with E-state index in [9.17, 15) is 4.39 Å². The predicted octanol–water partition coefficient (Wildman–Crippen LogP) is 4.41. The molecule has 3 rings (SSSR count). The molecule has 0 unspecified atom stereocenters.